The second-order valence-corrected chi connectivity index (χ2v) is 9.61. The van der Waals surface area contributed by atoms with Gasteiger partial charge in [-0.05, 0) is 12.0 Å². The second kappa shape index (κ2) is 7.93. The lowest BCUT2D eigenvalue weighted by Crippen LogP contribution is -2.54. The quantitative estimate of drug-likeness (QED) is 0.769. The number of anilines is 1. The molecule has 27 heavy (non-hydrogen) atoms. The van der Waals surface area contributed by atoms with Crippen molar-refractivity contribution >= 4 is 32.6 Å². The van der Waals surface area contributed by atoms with E-state index in [0.717, 1.165) is 21.2 Å². The number of hydrogen-bond donors (Lipinski definition) is 2. The monoisotopic (exact) mass is 409 g/mol. The van der Waals surface area contributed by atoms with Gasteiger partial charge in [-0.25, -0.2) is 4.98 Å². The lowest BCUT2D eigenvalue weighted by molar-refractivity contribution is 0.0690. The second-order valence-electron chi connectivity index (χ2n) is 6.63. The van der Waals surface area contributed by atoms with Gasteiger partial charge < -0.3 is 10.6 Å². The Hall–Kier alpha value is -2.01. The molecule has 10 heteroatoms. The Morgan fingerprint density at radius 1 is 1.33 bits per heavy atom. The first-order valence-corrected chi connectivity index (χ1v) is 10.8. The van der Waals surface area contributed by atoms with Crippen molar-refractivity contribution < 1.29 is 13.2 Å². The molecule has 146 valence electrons. The first-order chi connectivity index (χ1) is 12.8. The molecule has 1 fully saturated rings. The van der Waals surface area contributed by atoms with Crippen molar-refractivity contribution in [3.8, 4) is 0 Å². The number of nitrogens with one attached hydrogen (secondary N) is 1. The third-order valence-corrected chi connectivity index (χ3v) is 7.02. The van der Waals surface area contributed by atoms with Crippen LogP contribution in [0.4, 0.5) is 5.13 Å². The standard InChI is InChI=1S/C17H23N5O3S2/c1-21(2)27(24,25)20-14-11-22(16(23)15-10-19-17(18)26-15)9-8-13(14)12-6-4-3-5-7-12/h3-7,10,13-14,20H,8-9,11H2,1-2H3,(H2,18,19)/t13-,14-/m0/s1. The number of carbonyl (C=O) groups is 1. The number of piperidine rings is 1. The summed E-state index contributed by atoms with van der Waals surface area (Å²) in [6.45, 7) is 0.819. The molecular formula is C17H23N5O3S2. The highest BCUT2D eigenvalue weighted by Crippen LogP contribution is 2.30. The number of carbonyl (C=O) groups excluding carboxylic acids is 1. The van der Waals surface area contributed by atoms with Crippen LogP contribution in [0, 0.1) is 0 Å². The molecule has 0 spiro atoms. The van der Waals surface area contributed by atoms with Crippen LogP contribution in [0.1, 0.15) is 27.6 Å². The zero-order valence-electron chi connectivity index (χ0n) is 15.2. The molecular weight excluding hydrogens is 386 g/mol. The molecule has 0 bridgehead atoms. The number of hydrogen-bond acceptors (Lipinski definition) is 6. The van der Waals surface area contributed by atoms with E-state index in [2.05, 4.69) is 9.71 Å². The van der Waals surface area contributed by atoms with E-state index >= 15 is 0 Å². The Morgan fingerprint density at radius 2 is 2.04 bits per heavy atom. The minimum Gasteiger partial charge on any atom is -0.375 e. The number of thiazole rings is 1. The molecule has 0 aliphatic carbocycles. The summed E-state index contributed by atoms with van der Waals surface area (Å²) >= 11 is 1.13. The van der Waals surface area contributed by atoms with Crippen LogP contribution in [-0.2, 0) is 10.2 Å². The summed E-state index contributed by atoms with van der Waals surface area (Å²) < 4.78 is 28.7. The smallest absolute Gasteiger partial charge is 0.279 e. The third-order valence-electron chi connectivity index (χ3n) is 4.64. The highest BCUT2D eigenvalue weighted by atomic mass is 32.2. The maximum absolute atomic E-state index is 12.8. The fourth-order valence-corrected chi connectivity index (χ4v) is 4.68. The number of benzene rings is 1. The topological polar surface area (TPSA) is 109 Å². The summed E-state index contributed by atoms with van der Waals surface area (Å²) in [5.74, 6) is -0.193. The van der Waals surface area contributed by atoms with Crippen molar-refractivity contribution in [1.29, 1.82) is 0 Å². The van der Waals surface area contributed by atoms with Crippen molar-refractivity contribution in [1.82, 2.24) is 18.9 Å². The van der Waals surface area contributed by atoms with Gasteiger partial charge in [0.1, 0.15) is 4.88 Å². The van der Waals surface area contributed by atoms with E-state index < -0.39 is 16.3 Å². The zero-order chi connectivity index (χ0) is 19.6. The Labute approximate surface area is 163 Å². The van der Waals surface area contributed by atoms with Gasteiger partial charge in [-0.2, -0.15) is 17.4 Å². The number of amides is 1. The summed E-state index contributed by atoms with van der Waals surface area (Å²) in [7, 11) is -0.677. The molecule has 2 heterocycles. The molecule has 0 radical (unpaired) electrons. The Morgan fingerprint density at radius 3 is 2.63 bits per heavy atom. The fourth-order valence-electron chi connectivity index (χ4n) is 3.19. The van der Waals surface area contributed by atoms with Gasteiger partial charge in [-0.3, -0.25) is 4.79 Å². The molecule has 2 atom stereocenters. The van der Waals surface area contributed by atoms with Gasteiger partial charge in [-0.15, -0.1) is 0 Å². The molecule has 1 aliphatic rings. The molecule has 8 nitrogen and oxygen atoms in total. The summed E-state index contributed by atoms with van der Waals surface area (Å²) in [4.78, 5) is 18.8. The molecule has 2 aromatic rings. The van der Waals surface area contributed by atoms with Crippen LogP contribution in [0.5, 0.6) is 0 Å². The van der Waals surface area contributed by atoms with Crippen molar-refractivity contribution in [3.05, 3.63) is 47.0 Å². The Balaban J connectivity index is 1.85. The molecule has 0 saturated carbocycles. The lowest BCUT2D eigenvalue weighted by Gasteiger charge is -2.39. The molecule has 1 aromatic heterocycles. The van der Waals surface area contributed by atoms with E-state index in [1.165, 1.54) is 20.3 Å². The number of nitrogen functional groups attached to an aromatic ring is 1. The Kier molecular flexibility index (Phi) is 5.80. The zero-order valence-corrected chi connectivity index (χ0v) is 16.8. The SMILES string of the molecule is CN(C)S(=O)(=O)N[C@H]1CN(C(=O)c2cnc(N)s2)CC[C@H]1c1ccccc1. The average molecular weight is 410 g/mol. The van der Waals surface area contributed by atoms with Gasteiger partial charge in [0.2, 0.25) is 0 Å². The summed E-state index contributed by atoms with van der Waals surface area (Å²) in [5, 5.41) is 0.336. The van der Waals surface area contributed by atoms with Crippen LogP contribution in [0.3, 0.4) is 0 Å². The number of rotatable bonds is 5. The van der Waals surface area contributed by atoms with Gasteiger partial charge in [0.25, 0.3) is 16.1 Å². The van der Waals surface area contributed by atoms with Crippen LogP contribution in [-0.4, -0.2) is 61.7 Å². The Bertz CT molecular complexity index is 898. The van der Waals surface area contributed by atoms with Crippen molar-refractivity contribution in [3.63, 3.8) is 0 Å². The van der Waals surface area contributed by atoms with E-state index in [1.807, 2.05) is 30.3 Å². The normalized spacial score (nSPS) is 20.8. The average Bonchev–Trinajstić information content (AvgIpc) is 3.07. The van der Waals surface area contributed by atoms with E-state index in [4.69, 9.17) is 5.73 Å². The number of nitrogens with two attached hydrogens (primary N) is 1. The van der Waals surface area contributed by atoms with Crippen LogP contribution in [0.2, 0.25) is 0 Å². The van der Waals surface area contributed by atoms with Crippen LogP contribution >= 0.6 is 11.3 Å². The third kappa shape index (κ3) is 4.46. The van der Waals surface area contributed by atoms with Crippen molar-refractivity contribution in [2.75, 3.05) is 32.9 Å². The van der Waals surface area contributed by atoms with Crippen LogP contribution in [0.15, 0.2) is 36.5 Å². The molecule has 1 aliphatic heterocycles. The lowest BCUT2D eigenvalue weighted by atomic mass is 9.86. The molecule has 1 aromatic carbocycles. The fraction of sp³-hybridized carbons (Fsp3) is 0.412. The number of likely N-dealkylation sites (tertiary alicyclic amines) is 1. The minimum atomic E-state index is -3.63. The van der Waals surface area contributed by atoms with Gasteiger partial charge in [0.15, 0.2) is 5.13 Å². The van der Waals surface area contributed by atoms with Gasteiger partial charge in [0, 0.05) is 39.1 Å². The number of nitrogens with zero attached hydrogens (tertiary/aromatic N) is 3. The summed E-state index contributed by atoms with van der Waals surface area (Å²) in [6.07, 6.45) is 2.12. The van der Waals surface area contributed by atoms with Crippen LogP contribution in [0.25, 0.3) is 0 Å². The first-order valence-electron chi connectivity index (χ1n) is 8.53. The molecule has 1 saturated heterocycles. The van der Waals surface area contributed by atoms with E-state index in [0.29, 0.717) is 23.0 Å². The van der Waals surface area contributed by atoms with Crippen LogP contribution < -0.4 is 10.5 Å². The summed E-state index contributed by atoms with van der Waals surface area (Å²) in [5.41, 5.74) is 6.68. The largest absolute Gasteiger partial charge is 0.375 e. The van der Waals surface area contributed by atoms with E-state index in [-0.39, 0.29) is 18.4 Å². The minimum absolute atomic E-state index is 0.0171. The summed E-state index contributed by atoms with van der Waals surface area (Å²) in [6, 6.07) is 9.35. The highest BCUT2D eigenvalue weighted by Gasteiger charge is 2.36. The highest BCUT2D eigenvalue weighted by molar-refractivity contribution is 7.87. The van der Waals surface area contributed by atoms with Gasteiger partial charge in [0.05, 0.1) is 6.20 Å². The predicted octanol–water partition coefficient (Wildman–Crippen LogP) is 1.12. The predicted molar refractivity (Wildman–Crippen MR) is 106 cm³/mol. The molecule has 3 N–H and O–H groups in total. The molecule has 3 rings (SSSR count). The molecule has 0 unspecified atom stereocenters. The van der Waals surface area contributed by atoms with Gasteiger partial charge in [-0.1, -0.05) is 41.7 Å². The number of aromatic nitrogens is 1. The maximum Gasteiger partial charge on any atom is 0.279 e. The molecule has 1 amide bonds. The first kappa shape index (κ1) is 19.7. The van der Waals surface area contributed by atoms with E-state index in [1.54, 1.807) is 4.90 Å². The van der Waals surface area contributed by atoms with Gasteiger partial charge >= 0.3 is 0 Å². The maximum atomic E-state index is 12.8. The van der Waals surface area contributed by atoms with E-state index in [9.17, 15) is 13.2 Å². The van der Waals surface area contributed by atoms with Crippen molar-refractivity contribution in [2.45, 2.75) is 18.4 Å². The van der Waals surface area contributed by atoms with Crippen molar-refractivity contribution in [2.24, 2.45) is 0 Å².